The molecule has 8 nitrogen and oxygen atoms in total. The number of rotatable bonds is 5. The summed E-state index contributed by atoms with van der Waals surface area (Å²) in [6.07, 6.45) is -8.76. The highest BCUT2D eigenvalue weighted by atomic mass is 19.4. The van der Waals surface area contributed by atoms with Crippen LogP contribution in [0.4, 0.5) is 42.5 Å². The van der Waals surface area contributed by atoms with Crippen LogP contribution >= 0.6 is 0 Å². The van der Waals surface area contributed by atoms with Gasteiger partial charge in [-0.25, -0.2) is 19.4 Å². The quantitative estimate of drug-likeness (QED) is 0.260. The maximum Gasteiger partial charge on any atom is 0.416 e. The van der Waals surface area contributed by atoms with Gasteiger partial charge in [-0.2, -0.15) is 31.4 Å². The van der Waals surface area contributed by atoms with Gasteiger partial charge >= 0.3 is 18.4 Å². The maximum absolute atomic E-state index is 13.0. The standard InChI is InChI=1S/C25H20F6N6O2/c1-13-14(2)36-37(15(13)3)21-11-22(33-12-32-21)39-20-6-4-18(5-7-20)34-23(38)35-19-9-16(24(26,27)28)8-17(10-19)25(29,30)31/h4-12H,1-3H3,(H2,34,35,38). The molecule has 2 heterocycles. The number of alkyl halides is 6. The van der Waals surface area contributed by atoms with Crippen LogP contribution in [0, 0.1) is 20.8 Å². The van der Waals surface area contributed by atoms with Crippen molar-refractivity contribution in [1.82, 2.24) is 19.7 Å². The highest BCUT2D eigenvalue weighted by Gasteiger charge is 2.37. The number of nitrogens with zero attached hydrogens (tertiary/aromatic N) is 4. The van der Waals surface area contributed by atoms with Crippen LogP contribution in [-0.4, -0.2) is 25.8 Å². The number of aryl methyl sites for hydroxylation is 1. The van der Waals surface area contributed by atoms with Gasteiger partial charge in [0.15, 0.2) is 5.82 Å². The van der Waals surface area contributed by atoms with Crippen LogP contribution in [0.25, 0.3) is 5.82 Å². The van der Waals surface area contributed by atoms with Gasteiger partial charge in [0, 0.05) is 23.1 Å². The first-order valence-corrected chi connectivity index (χ1v) is 11.2. The lowest BCUT2D eigenvalue weighted by molar-refractivity contribution is -0.143. The molecule has 2 aromatic carbocycles. The van der Waals surface area contributed by atoms with Gasteiger partial charge in [0.25, 0.3) is 0 Å². The molecule has 204 valence electrons. The van der Waals surface area contributed by atoms with E-state index in [4.69, 9.17) is 4.74 Å². The van der Waals surface area contributed by atoms with Crippen molar-refractivity contribution < 1.29 is 35.9 Å². The lowest BCUT2D eigenvalue weighted by Gasteiger charge is -2.15. The number of amides is 2. The van der Waals surface area contributed by atoms with E-state index >= 15 is 0 Å². The smallest absolute Gasteiger partial charge is 0.416 e. The molecule has 0 aliphatic carbocycles. The van der Waals surface area contributed by atoms with E-state index in [1.165, 1.54) is 30.6 Å². The number of carbonyl (C=O) groups excluding carboxylic acids is 1. The van der Waals surface area contributed by atoms with Crippen molar-refractivity contribution >= 4 is 17.4 Å². The lowest BCUT2D eigenvalue weighted by atomic mass is 10.1. The van der Waals surface area contributed by atoms with Crippen molar-refractivity contribution in [2.45, 2.75) is 33.1 Å². The summed E-state index contributed by atoms with van der Waals surface area (Å²) >= 11 is 0. The Hall–Kier alpha value is -4.62. The Kier molecular flexibility index (Phi) is 7.22. The molecule has 4 rings (SSSR count). The van der Waals surface area contributed by atoms with Crippen LogP contribution in [0.5, 0.6) is 11.6 Å². The summed E-state index contributed by atoms with van der Waals surface area (Å²) in [7, 11) is 0. The largest absolute Gasteiger partial charge is 0.439 e. The molecule has 4 aromatic rings. The highest BCUT2D eigenvalue weighted by Crippen LogP contribution is 2.37. The van der Waals surface area contributed by atoms with E-state index < -0.39 is 35.2 Å². The van der Waals surface area contributed by atoms with E-state index in [2.05, 4.69) is 20.4 Å². The molecule has 0 atom stereocenters. The average molecular weight is 550 g/mol. The van der Waals surface area contributed by atoms with E-state index in [0.717, 1.165) is 17.0 Å². The van der Waals surface area contributed by atoms with Crippen LogP contribution in [0.2, 0.25) is 0 Å². The number of ether oxygens (including phenoxy) is 1. The van der Waals surface area contributed by atoms with E-state index in [-0.39, 0.29) is 17.6 Å². The zero-order valence-corrected chi connectivity index (χ0v) is 20.6. The van der Waals surface area contributed by atoms with Gasteiger partial charge in [-0.05, 0) is 68.8 Å². The molecule has 2 N–H and O–H groups in total. The Labute approximate surface area is 217 Å². The van der Waals surface area contributed by atoms with Gasteiger partial charge in [0.05, 0.1) is 16.8 Å². The number of aromatic nitrogens is 4. The number of carbonyl (C=O) groups is 1. The number of anilines is 2. The molecule has 0 bridgehead atoms. The number of hydrogen-bond acceptors (Lipinski definition) is 5. The van der Waals surface area contributed by atoms with E-state index in [9.17, 15) is 31.1 Å². The fourth-order valence-corrected chi connectivity index (χ4v) is 3.49. The highest BCUT2D eigenvalue weighted by molar-refractivity contribution is 5.99. The minimum Gasteiger partial charge on any atom is -0.439 e. The summed E-state index contributed by atoms with van der Waals surface area (Å²) in [6, 6.07) is 7.15. The summed E-state index contributed by atoms with van der Waals surface area (Å²) in [6.45, 7) is 5.73. The van der Waals surface area contributed by atoms with Gasteiger partial charge in [0.1, 0.15) is 12.1 Å². The monoisotopic (exact) mass is 550 g/mol. The molecule has 2 amide bonds. The van der Waals surface area contributed by atoms with Crippen molar-refractivity contribution in [3.05, 3.63) is 82.9 Å². The lowest BCUT2D eigenvalue weighted by Crippen LogP contribution is -2.20. The Morgan fingerprint density at radius 2 is 1.41 bits per heavy atom. The van der Waals surface area contributed by atoms with Gasteiger partial charge in [-0.15, -0.1) is 0 Å². The molecular weight excluding hydrogens is 530 g/mol. The molecular formula is C25H20F6N6O2. The summed E-state index contributed by atoms with van der Waals surface area (Å²) < 4.78 is 85.6. The molecule has 0 saturated heterocycles. The molecule has 0 radical (unpaired) electrons. The SMILES string of the molecule is Cc1nn(-c2cc(Oc3ccc(NC(=O)Nc4cc(C(F)(F)F)cc(C(F)(F)F)c4)cc3)ncn2)c(C)c1C. The maximum atomic E-state index is 13.0. The Balaban J connectivity index is 1.44. The third kappa shape index (κ3) is 6.45. The van der Waals surface area contributed by atoms with Crippen molar-refractivity contribution in [2.75, 3.05) is 10.6 Å². The molecule has 0 unspecified atom stereocenters. The number of urea groups is 1. The summed E-state index contributed by atoms with van der Waals surface area (Å²) in [5.41, 5.74) is -0.779. The second-order valence-corrected chi connectivity index (χ2v) is 8.42. The second-order valence-electron chi connectivity index (χ2n) is 8.42. The second kappa shape index (κ2) is 10.3. The predicted molar refractivity (Wildman–Crippen MR) is 129 cm³/mol. The molecule has 0 saturated carbocycles. The zero-order chi connectivity index (χ0) is 28.5. The van der Waals surface area contributed by atoms with Crippen molar-refractivity contribution in [2.24, 2.45) is 0 Å². The average Bonchev–Trinajstić information content (AvgIpc) is 3.11. The normalized spacial score (nSPS) is 11.8. The molecule has 0 spiro atoms. The van der Waals surface area contributed by atoms with Crippen LogP contribution in [-0.2, 0) is 12.4 Å². The Bertz CT molecular complexity index is 1480. The van der Waals surface area contributed by atoms with Gasteiger partial charge in [-0.3, -0.25) is 0 Å². The number of halogens is 6. The van der Waals surface area contributed by atoms with Crippen LogP contribution in [0.1, 0.15) is 28.1 Å². The molecule has 0 aliphatic heterocycles. The Morgan fingerprint density at radius 1 is 0.821 bits per heavy atom. The third-order valence-corrected chi connectivity index (χ3v) is 5.68. The van der Waals surface area contributed by atoms with Crippen molar-refractivity contribution in [3.63, 3.8) is 0 Å². The zero-order valence-electron chi connectivity index (χ0n) is 20.6. The fourth-order valence-electron chi connectivity index (χ4n) is 3.49. The van der Waals surface area contributed by atoms with E-state index in [1.54, 1.807) is 10.7 Å². The third-order valence-electron chi connectivity index (χ3n) is 5.68. The minimum absolute atomic E-state index is 0.0271. The van der Waals surface area contributed by atoms with Crippen LogP contribution < -0.4 is 15.4 Å². The first-order chi connectivity index (χ1) is 18.2. The van der Waals surface area contributed by atoms with Crippen LogP contribution in [0.3, 0.4) is 0 Å². The Morgan fingerprint density at radius 3 is 1.95 bits per heavy atom. The van der Waals surface area contributed by atoms with Crippen LogP contribution in [0.15, 0.2) is 54.9 Å². The first kappa shape index (κ1) is 27.4. The van der Waals surface area contributed by atoms with Gasteiger partial charge in [0.2, 0.25) is 5.88 Å². The summed E-state index contributed by atoms with van der Waals surface area (Å²) in [5, 5.41) is 8.78. The number of hydrogen-bond donors (Lipinski definition) is 2. The van der Waals surface area contributed by atoms with Crippen molar-refractivity contribution in [3.8, 4) is 17.4 Å². The minimum atomic E-state index is -5.04. The summed E-state index contributed by atoms with van der Waals surface area (Å²) in [4.78, 5) is 20.6. The summed E-state index contributed by atoms with van der Waals surface area (Å²) in [5.74, 6) is 1.04. The van der Waals surface area contributed by atoms with Crippen molar-refractivity contribution in [1.29, 1.82) is 0 Å². The molecule has 14 heteroatoms. The van der Waals surface area contributed by atoms with Gasteiger partial charge in [-0.1, -0.05) is 0 Å². The molecule has 39 heavy (non-hydrogen) atoms. The van der Waals surface area contributed by atoms with Gasteiger partial charge < -0.3 is 15.4 Å². The number of nitrogens with one attached hydrogen (secondary N) is 2. The predicted octanol–water partition coefficient (Wildman–Crippen LogP) is 7.06. The molecule has 2 aromatic heterocycles. The molecule has 0 aliphatic rings. The first-order valence-electron chi connectivity index (χ1n) is 11.2. The van der Waals surface area contributed by atoms with E-state index in [1.807, 2.05) is 26.1 Å². The fraction of sp³-hybridized carbons (Fsp3) is 0.200. The number of benzene rings is 2. The topological polar surface area (TPSA) is 94.0 Å². The van der Waals surface area contributed by atoms with E-state index in [0.29, 0.717) is 23.7 Å². The molecule has 0 fully saturated rings.